The summed E-state index contributed by atoms with van der Waals surface area (Å²) in [5.74, 6) is 0.245. The fraction of sp³-hybridized carbons (Fsp3) is 0.643. The van der Waals surface area contributed by atoms with Crippen LogP contribution in [-0.2, 0) is 4.79 Å². The SMILES string of the molecule is Cc1ccc(C(C)NCC(=O)N2CCCCC2)s1. The third kappa shape index (κ3) is 3.56. The van der Waals surface area contributed by atoms with Crippen molar-refractivity contribution in [2.24, 2.45) is 0 Å². The highest BCUT2D eigenvalue weighted by Gasteiger charge is 2.17. The molecule has 4 heteroatoms. The highest BCUT2D eigenvalue weighted by Crippen LogP contribution is 2.22. The molecule has 0 bridgehead atoms. The maximum atomic E-state index is 12.0. The van der Waals surface area contributed by atoms with Gasteiger partial charge in [-0.05, 0) is 45.2 Å². The van der Waals surface area contributed by atoms with Gasteiger partial charge in [-0.2, -0.15) is 0 Å². The summed E-state index contributed by atoms with van der Waals surface area (Å²) < 4.78 is 0. The molecule has 1 N–H and O–H groups in total. The van der Waals surface area contributed by atoms with Crippen LogP contribution in [0, 0.1) is 6.92 Å². The molecule has 3 nitrogen and oxygen atoms in total. The van der Waals surface area contributed by atoms with E-state index in [4.69, 9.17) is 0 Å². The van der Waals surface area contributed by atoms with Crippen LogP contribution in [0.4, 0.5) is 0 Å². The lowest BCUT2D eigenvalue weighted by molar-refractivity contribution is -0.131. The Hall–Kier alpha value is -0.870. The Labute approximate surface area is 113 Å². The number of carbonyl (C=O) groups excluding carboxylic acids is 1. The Morgan fingerprint density at radius 3 is 2.72 bits per heavy atom. The number of carbonyl (C=O) groups is 1. The molecule has 1 unspecified atom stereocenters. The van der Waals surface area contributed by atoms with E-state index in [1.165, 1.54) is 16.2 Å². The largest absolute Gasteiger partial charge is 0.342 e. The molecule has 0 radical (unpaired) electrons. The normalized spacial score (nSPS) is 17.8. The van der Waals surface area contributed by atoms with Gasteiger partial charge in [0.05, 0.1) is 6.54 Å². The predicted octanol–water partition coefficient (Wildman–Crippen LogP) is 2.72. The smallest absolute Gasteiger partial charge is 0.236 e. The van der Waals surface area contributed by atoms with Gasteiger partial charge in [-0.1, -0.05) is 0 Å². The van der Waals surface area contributed by atoms with Gasteiger partial charge in [0, 0.05) is 28.9 Å². The average molecular weight is 266 g/mol. The highest BCUT2D eigenvalue weighted by atomic mass is 32.1. The number of nitrogens with one attached hydrogen (secondary N) is 1. The fourth-order valence-electron chi connectivity index (χ4n) is 2.28. The lowest BCUT2D eigenvalue weighted by Crippen LogP contribution is -2.41. The van der Waals surface area contributed by atoms with Crippen molar-refractivity contribution in [2.45, 2.75) is 39.2 Å². The second-order valence-electron chi connectivity index (χ2n) is 4.99. The molecule has 2 rings (SSSR count). The minimum atomic E-state index is 0.245. The summed E-state index contributed by atoms with van der Waals surface area (Å²) in [4.78, 5) is 16.6. The van der Waals surface area contributed by atoms with Crippen molar-refractivity contribution < 1.29 is 4.79 Å². The maximum absolute atomic E-state index is 12.0. The first-order valence-electron chi connectivity index (χ1n) is 6.74. The van der Waals surface area contributed by atoms with Crippen molar-refractivity contribution >= 4 is 17.2 Å². The highest BCUT2D eigenvalue weighted by molar-refractivity contribution is 7.12. The number of hydrogen-bond donors (Lipinski definition) is 1. The van der Waals surface area contributed by atoms with Crippen LogP contribution in [0.3, 0.4) is 0 Å². The number of likely N-dealkylation sites (tertiary alicyclic amines) is 1. The minimum absolute atomic E-state index is 0.245. The monoisotopic (exact) mass is 266 g/mol. The van der Waals surface area contributed by atoms with Gasteiger partial charge in [-0.3, -0.25) is 4.79 Å². The van der Waals surface area contributed by atoms with E-state index in [9.17, 15) is 4.79 Å². The van der Waals surface area contributed by atoms with E-state index in [0.29, 0.717) is 6.54 Å². The summed E-state index contributed by atoms with van der Waals surface area (Å²) in [7, 11) is 0. The van der Waals surface area contributed by atoms with Crippen molar-refractivity contribution in [2.75, 3.05) is 19.6 Å². The van der Waals surface area contributed by atoms with Gasteiger partial charge in [-0.15, -0.1) is 11.3 Å². The number of amides is 1. The summed E-state index contributed by atoms with van der Waals surface area (Å²) in [6.45, 7) is 6.56. The topological polar surface area (TPSA) is 32.3 Å². The number of aryl methyl sites for hydroxylation is 1. The molecule has 1 aliphatic heterocycles. The lowest BCUT2D eigenvalue weighted by atomic mass is 10.1. The summed E-state index contributed by atoms with van der Waals surface area (Å²) in [5, 5.41) is 3.33. The Morgan fingerprint density at radius 1 is 1.39 bits per heavy atom. The van der Waals surface area contributed by atoms with Crippen LogP contribution in [0.2, 0.25) is 0 Å². The zero-order valence-corrected chi connectivity index (χ0v) is 12.1. The molecular formula is C14H22N2OS. The van der Waals surface area contributed by atoms with E-state index in [2.05, 4.69) is 31.3 Å². The van der Waals surface area contributed by atoms with Crippen molar-refractivity contribution in [3.63, 3.8) is 0 Å². The number of nitrogens with zero attached hydrogens (tertiary/aromatic N) is 1. The number of piperidine rings is 1. The van der Waals surface area contributed by atoms with Crippen LogP contribution in [0.1, 0.15) is 42.0 Å². The van der Waals surface area contributed by atoms with Gasteiger partial charge in [-0.25, -0.2) is 0 Å². The van der Waals surface area contributed by atoms with E-state index in [1.807, 2.05) is 4.90 Å². The molecule has 0 aromatic carbocycles. The second-order valence-corrected chi connectivity index (χ2v) is 6.31. The Balaban J connectivity index is 1.78. The van der Waals surface area contributed by atoms with E-state index in [-0.39, 0.29) is 11.9 Å². The van der Waals surface area contributed by atoms with Gasteiger partial charge < -0.3 is 10.2 Å². The molecule has 1 saturated heterocycles. The van der Waals surface area contributed by atoms with E-state index in [1.54, 1.807) is 11.3 Å². The first kappa shape index (κ1) is 13.6. The zero-order chi connectivity index (χ0) is 13.0. The molecular weight excluding hydrogens is 244 g/mol. The molecule has 100 valence electrons. The van der Waals surface area contributed by atoms with E-state index < -0.39 is 0 Å². The molecule has 1 aromatic rings. The molecule has 1 atom stereocenters. The maximum Gasteiger partial charge on any atom is 0.236 e. The van der Waals surface area contributed by atoms with Crippen molar-refractivity contribution in [3.05, 3.63) is 21.9 Å². The molecule has 0 saturated carbocycles. The van der Waals surface area contributed by atoms with Crippen LogP contribution in [-0.4, -0.2) is 30.4 Å². The van der Waals surface area contributed by atoms with Crippen molar-refractivity contribution in [1.29, 1.82) is 0 Å². The second kappa shape index (κ2) is 6.34. The molecule has 1 aromatic heterocycles. The van der Waals surface area contributed by atoms with Gasteiger partial charge >= 0.3 is 0 Å². The fourth-order valence-corrected chi connectivity index (χ4v) is 3.19. The molecule has 0 spiro atoms. The molecule has 0 aliphatic carbocycles. The third-order valence-electron chi connectivity index (χ3n) is 3.46. The summed E-state index contributed by atoms with van der Waals surface area (Å²) in [6, 6.07) is 4.53. The Morgan fingerprint density at radius 2 is 2.11 bits per heavy atom. The van der Waals surface area contributed by atoms with Crippen LogP contribution in [0.15, 0.2) is 12.1 Å². The molecule has 2 heterocycles. The zero-order valence-electron chi connectivity index (χ0n) is 11.2. The minimum Gasteiger partial charge on any atom is -0.342 e. The number of thiophene rings is 1. The lowest BCUT2D eigenvalue weighted by Gasteiger charge is -2.27. The Kier molecular flexibility index (Phi) is 4.78. The van der Waals surface area contributed by atoms with Gasteiger partial charge in [0.2, 0.25) is 5.91 Å². The van der Waals surface area contributed by atoms with Crippen LogP contribution in [0.25, 0.3) is 0 Å². The number of rotatable bonds is 4. The summed E-state index contributed by atoms with van der Waals surface area (Å²) in [5.41, 5.74) is 0. The molecule has 1 aliphatic rings. The summed E-state index contributed by atoms with van der Waals surface area (Å²) in [6.07, 6.45) is 3.58. The standard InChI is InChI=1S/C14H22N2OS/c1-11-6-7-13(18-11)12(2)15-10-14(17)16-8-4-3-5-9-16/h6-7,12,15H,3-5,8-10H2,1-2H3. The van der Waals surface area contributed by atoms with Gasteiger partial charge in [0.1, 0.15) is 0 Å². The van der Waals surface area contributed by atoms with Crippen LogP contribution < -0.4 is 5.32 Å². The van der Waals surface area contributed by atoms with Gasteiger partial charge in [0.25, 0.3) is 0 Å². The molecule has 1 amide bonds. The summed E-state index contributed by atoms with van der Waals surface area (Å²) >= 11 is 1.80. The predicted molar refractivity (Wildman–Crippen MR) is 75.9 cm³/mol. The van der Waals surface area contributed by atoms with Crippen molar-refractivity contribution in [3.8, 4) is 0 Å². The van der Waals surface area contributed by atoms with E-state index in [0.717, 1.165) is 25.9 Å². The number of hydrogen-bond acceptors (Lipinski definition) is 3. The third-order valence-corrected chi connectivity index (χ3v) is 4.64. The molecule has 18 heavy (non-hydrogen) atoms. The van der Waals surface area contributed by atoms with Gasteiger partial charge in [0.15, 0.2) is 0 Å². The van der Waals surface area contributed by atoms with Crippen LogP contribution in [0.5, 0.6) is 0 Å². The van der Waals surface area contributed by atoms with Crippen LogP contribution >= 0.6 is 11.3 Å². The first-order chi connectivity index (χ1) is 8.66. The molecule has 1 fully saturated rings. The first-order valence-corrected chi connectivity index (χ1v) is 7.56. The Bertz CT molecular complexity index is 396. The van der Waals surface area contributed by atoms with Crippen molar-refractivity contribution in [1.82, 2.24) is 10.2 Å². The quantitative estimate of drug-likeness (QED) is 0.909. The van der Waals surface area contributed by atoms with E-state index >= 15 is 0 Å². The average Bonchev–Trinajstić information content (AvgIpc) is 2.83.